The van der Waals surface area contributed by atoms with Gasteiger partial charge in [-0.3, -0.25) is 9.59 Å². The average molecular weight is 409 g/mol. The summed E-state index contributed by atoms with van der Waals surface area (Å²) in [7, 11) is -0.541. The number of nitrogens with zero attached hydrogens (tertiary/aromatic N) is 3. The lowest BCUT2D eigenvalue weighted by Crippen LogP contribution is -2.47. The number of benzene rings is 1. The highest BCUT2D eigenvalue weighted by Gasteiger charge is 2.33. The summed E-state index contributed by atoms with van der Waals surface area (Å²) < 4.78 is 27.2. The van der Waals surface area contributed by atoms with Gasteiger partial charge in [-0.1, -0.05) is 6.07 Å². The Kier molecular flexibility index (Phi) is 6.07. The molecular weight excluding hydrogens is 380 g/mol. The molecule has 154 valence electrons. The van der Waals surface area contributed by atoms with Crippen LogP contribution in [0.1, 0.15) is 31.2 Å². The Balaban J connectivity index is 1.72. The van der Waals surface area contributed by atoms with Crippen LogP contribution in [0.5, 0.6) is 0 Å². The number of anilines is 2. The van der Waals surface area contributed by atoms with Crippen LogP contribution in [0.3, 0.4) is 0 Å². The molecular formula is C19H28N4O4S. The van der Waals surface area contributed by atoms with Gasteiger partial charge >= 0.3 is 0 Å². The molecule has 1 aromatic carbocycles. The highest BCUT2D eigenvalue weighted by atomic mass is 32.2. The number of carbonyl (C=O) groups excluding carboxylic acids is 2. The van der Waals surface area contributed by atoms with Gasteiger partial charge in [-0.15, -0.1) is 0 Å². The molecule has 1 aromatic rings. The van der Waals surface area contributed by atoms with Gasteiger partial charge in [-0.25, -0.2) is 0 Å². The molecule has 0 bridgehead atoms. The molecule has 2 aliphatic heterocycles. The van der Waals surface area contributed by atoms with Gasteiger partial charge in [0.1, 0.15) is 0 Å². The molecule has 28 heavy (non-hydrogen) atoms. The molecule has 0 spiro atoms. The van der Waals surface area contributed by atoms with Crippen LogP contribution in [-0.2, 0) is 19.8 Å². The number of aryl methyl sites for hydroxylation is 1. The number of hydrogen-bond acceptors (Lipinski definition) is 4. The van der Waals surface area contributed by atoms with Crippen LogP contribution in [0.4, 0.5) is 11.4 Å². The third kappa shape index (κ3) is 4.21. The molecule has 9 heteroatoms. The van der Waals surface area contributed by atoms with Crippen LogP contribution < -0.4 is 10.2 Å². The van der Waals surface area contributed by atoms with Crippen molar-refractivity contribution >= 4 is 33.4 Å². The lowest BCUT2D eigenvalue weighted by Gasteiger charge is -2.32. The summed E-state index contributed by atoms with van der Waals surface area (Å²) in [6.07, 6.45) is 2.68. The second kappa shape index (κ2) is 8.18. The first-order chi connectivity index (χ1) is 13.2. The van der Waals surface area contributed by atoms with Crippen molar-refractivity contribution in [2.24, 2.45) is 5.92 Å². The van der Waals surface area contributed by atoms with Gasteiger partial charge in [0.2, 0.25) is 11.8 Å². The molecule has 2 aliphatic rings. The Hall–Kier alpha value is -1.97. The van der Waals surface area contributed by atoms with E-state index in [9.17, 15) is 18.0 Å². The molecule has 2 fully saturated rings. The zero-order chi connectivity index (χ0) is 20.5. The molecule has 2 amide bonds. The molecule has 0 aromatic heterocycles. The Morgan fingerprint density at radius 3 is 2.61 bits per heavy atom. The van der Waals surface area contributed by atoms with Gasteiger partial charge in [0, 0.05) is 51.5 Å². The number of amides is 2. The van der Waals surface area contributed by atoms with Crippen molar-refractivity contribution in [1.29, 1.82) is 0 Å². The van der Waals surface area contributed by atoms with Crippen molar-refractivity contribution in [2.75, 3.05) is 43.9 Å². The summed E-state index contributed by atoms with van der Waals surface area (Å²) >= 11 is 0. The maximum absolute atomic E-state index is 12.8. The van der Waals surface area contributed by atoms with E-state index in [0.717, 1.165) is 17.7 Å². The second-order valence-corrected chi connectivity index (χ2v) is 9.77. The van der Waals surface area contributed by atoms with E-state index in [0.29, 0.717) is 38.0 Å². The maximum Gasteiger partial charge on any atom is 0.281 e. The van der Waals surface area contributed by atoms with E-state index in [4.69, 9.17) is 0 Å². The van der Waals surface area contributed by atoms with E-state index in [-0.39, 0.29) is 18.4 Å². The van der Waals surface area contributed by atoms with Crippen LogP contribution in [0.2, 0.25) is 0 Å². The number of hydrogen-bond donors (Lipinski definition) is 1. The first-order valence-electron chi connectivity index (χ1n) is 9.59. The molecule has 0 aliphatic carbocycles. The van der Waals surface area contributed by atoms with Crippen LogP contribution in [0.15, 0.2) is 18.2 Å². The monoisotopic (exact) mass is 408 g/mol. The van der Waals surface area contributed by atoms with E-state index < -0.39 is 16.1 Å². The average Bonchev–Trinajstić information content (AvgIpc) is 3.09. The van der Waals surface area contributed by atoms with Gasteiger partial charge in [0.25, 0.3) is 10.2 Å². The second-order valence-electron chi connectivity index (χ2n) is 7.63. The molecule has 2 saturated heterocycles. The van der Waals surface area contributed by atoms with Crippen molar-refractivity contribution < 1.29 is 18.0 Å². The van der Waals surface area contributed by atoms with Gasteiger partial charge < -0.3 is 10.2 Å². The van der Waals surface area contributed by atoms with Gasteiger partial charge in [0.15, 0.2) is 0 Å². The minimum absolute atomic E-state index is 0.100. The molecule has 1 atom stereocenters. The predicted molar refractivity (Wildman–Crippen MR) is 108 cm³/mol. The van der Waals surface area contributed by atoms with Crippen LogP contribution >= 0.6 is 0 Å². The Morgan fingerprint density at radius 2 is 1.96 bits per heavy atom. The molecule has 0 radical (unpaired) electrons. The summed E-state index contributed by atoms with van der Waals surface area (Å²) in [6.45, 7) is 3.24. The van der Waals surface area contributed by atoms with Crippen molar-refractivity contribution in [3.8, 4) is 0 Å². The smallest absolute Gasteiger partial charge is 0.281 e. The predicted octanol–water partition coefficient (Wildman–Crippen LogP) is 1.58. The SMILES string of the molecule is Cc1ccc(NC(=O)[C@H]2CCCN(S(=O)(=O)N(C)C)C2)cc1N1CCCC1=O. The topological polar surface area (TPSA) is 90.0 Å². The molecule has 0 unspecified atom stereocenters. The largest absolute Gasteiger partial charge is 0.326 e. The van der Waals surface area contributed by atoms with Gasteiger partial charge in [0.05, 0.1) is 5.92 Å². The van der Waals surface area contributed by atoms with Gasteiger partial charge in [-0.05, 0) is 43.9 Å². The lowest BCUT2D eigenvalue weighted by atomic mass is 9.98. The van der Waals surface area contributed by atoms with Crippen LogP contribution in [-0.4, -0.2) is 62.6 Å². The zero-order valence-corrected chi connectivity index (χ0v) is 17.5. The fourth-order valence-corrected chi connectivity index (χ4v) is 4.91. The van der Waals surface area contributed by atoms with E-state index in [2.05, 4.69) is 5.32 Å². The lowest BCUT2D eigenvalue weighted by molar-refractivity contribution is -0.121. The van der Waals surface area contributed by atoms with Crippen LogP contribution in [0, 0.1) is 12.8 Å². The highest BCUT2D eigenvalue weighted by molar-refractivity contribution is 7.86. The fourth-order valence-electron chi connectivity index (χ4n) is 3.72. The number of rotatable bonds is 5. The summed E-state index contributed by atoms with van der Waals surface area (Å²) in [4.78, 5) is 26.6. The van der Waals surface area contributed by atoms with E-state index in [1.165, 1.54) is 22.7 Å². The summed E-state index contributed by atoms with van der Waals surface area (Å²) in [5, 5.41) is 2.91. The van der Waals surface area contributed by atoms with Crippen molar-refractivity contribution in [2.45, 2.75) is 32.6 Å². The number of piperidine rings is 1. The third-order valence-electron chi connectivity index (χ3n) is 5.38. The molecule has 8 nitrogen and oxygen atoms in total. The minimum atomic E-state index is -3.53. The van der Waals surface area contributed by atoms with E-state index in [1.807, 2.05) is 25.1 Å². The standard InChI is InChI=1S/C19H28N4O4S/c1-14-8-9-16(12-17(14)23-11-5-7-18(23)24)20-19(25)15-6-4-10-22(13-15)28(26,27)21(2)3/h8-9,12,15H,4-7,10-11,13H2,1-3H3,(H,20,25)/t15-/m0/s1. The van der Waals surface area contributed by atoms with Gasteiger partial charge in [-0.2, -0.15) is 17.0 Å². The zero-order valence-electron chi connectivity index (χ0n) is 16.6. The molecule has 0 saturated carbocycles. The van der Waals surface area contributed by atoms with Crippen molar-refractivity contribution in [1.82, 2.24) is 8.61 Å². The van der Waals surface area contributed by atoms with Crippen LogP contribution in [0.25, 0.3) is 0 Å². The normalized spacial score (nSPS) is 21.4. The van der Waals surface area contributed by atoms with Crippen molar-refractivity contribution in [3.05, 3.63) is 23.8 Å². The van der Waals surface area contributed by atoms with E-state index in [1.54, 1.807) is 4.90 Å². The third-order valence-corrected chi connectivity index (χ3v) is 7.29. The first kappa shape index (κ1) is 20.8. The minimum Gasteiger partial charge on any atom is -0.326 e. The Bertz CT molecular complexity index is 869. The summed E-state index contributed by atoms with van der Waals surface area (Å²) in [6, 6.07) is 5.53. The fraction of sp³-hybridized carbons (Fsp3) is 0.579. The van der Waals surface area contributed by atoms with Crippen molar-refractivity contribution in [3.63, 3.8) is 0 Å². The molecule has 3 rings (SSSR count). The summed E-state index contributed by atoms with van der Waals surface area (Å²) in [5.74, 6) is -0.494. The Morgan fingerprint density at radius 1 is 1.21 bits per heavy atom. The summed E-state index contributed by atoms with van der Waals surface area (Å²) in [5.41, 5.74) is 2.42. The quantitative estimate of drug-likeness (QED) is 0.801. The molecule has 1 N–H and O–H groups in total. The first-order valence-corrected chi connectivity index (χ1v) is 11.0. The number of carbonyl (C=O) groups is 2. The highest BCUT2D eigenvalue weighted by Crippen LogP contribution is 2.29. The Labute approximate surface area is 166 Å². The maximum atomic E-state index is 12.8. The van der Waals surface area contributed by atoms with E-state index >= 15 is 0 Å². The number of nitrogens with one attached hydrogen (secondary N) is 1. The molecule has 2 heterocycles.